The second-order valence-corrected chi connectivity index (χ2v) is 8.03. The van der Waals surface area contributed by atoms with E-state index in [9.17, 15) is 4.79 Å². The molecule has 1 aromatic carbocycles. The summed E-state index contributed by atoms with van der Waals surface area (Å²) < 4.78 is 0. The Morgan fingerprint density at radius 2 is 1.75 bits per heavy atom. The van der Waals surface area contributed by atoms with Crippen LogP contribution in [0.2, 0.25) is 0 Å². The molecule has 3 nitrogen and oxygen atoms in total. The van der Waals surface area contributed by atoms with Gasteiger partial charge in [-0.3, -0.25) is 4.79 Å². The van der Waals surface area contributed by atoms with Crippen LogP contribution in [0.4, 0.5) is 5.69 Å². The Kier molecular flexibility index (Phi) is 6.39. The summed E-state index contributed by atoms with van der Waals surface area (Å²) in [7, 11) is 0. The highest BCUT2D eigenvalue weighted by atomic mass is 32.1. The zero-order valence-electron chi connectivity index (χ0n) is 15.3. The monoisotopic (exact) mass is 346 g/mol. The zero-order valence-corrected chi connectivity index (χ0v) is 16.1. The average Bonchev–Trinajstić information content (AvgIpc) is 2.55. The van der Waals surface area contributed by atoms with Gasteiger partial charge in [0.15, 0.2) is 10.9 Å². The molecule has 1 aliphatic rings. The Morgan fingerprint density at radius 3 is 2.25 bits per heavy atom. The molecule has 1 aliphatic carbocycles. The van der Waals surface area contributed by atoms with E-state index in [1.54, 1.807) is 6.92 Å². The minimum absolute atomic E-state index is 0.0778. The molecular weight excluding hydrogens is 316 g/mol. The normalized spacial score (nSPS) is 21.2. The van der Waals surface area contributed by atoms with Crippen molar-refractivity contribution >= 4 is 28.8 Å². The zero-order chi connectivity index (χ0) is 17.7. The van der Waals surface area contributed by atoms with Gasteiger partial charge in [0.2, 0.25) is 0 Å². The van der Waals surface area contributed by atoms with Gasteiger partial charge in [-0.1, -0.05) is 27.2 Å². The van der Waals surface area contributed by atoms with Crippen molar-refractivity contribution in [2.24, 2.45) is 11.3 Å². The van der Waals surface area contributed by atoms with Gasteiger partial charge in [-0.2, -0.15) is 0 Å². The lowest BCUT2D eigenvalue weighted by Gasteiger charge is -2.39. The number of carbonyl (C=O) groups excluding carboxylic acids is 1. The summed E-state index contributed by atoms with van der Waals surface area (Å²) in [5.74, 6) is 0.898. The molecule has 24 heavy (non-hydrogen) atoms. The van der Waals surface area contributed by atoms with E-state index in [1.165, 1.54) is 32.1 Å². The van der Waals surface area contributed by atoms with Crippen LogP contribution in [-0.2, 0) is 0 Å². The molecule has 2 rings (SSSR count). The highest BCUT2D eigenvalue weighted by molar-refractivity contribution is 7.80. The fraction of sp³-hybridized carbons (Fsp3) is 0.600. The molecule has 0 heterocycles. The van der Waals surface area contributed by atoms with Gasteiger partial charge in [-0.15, -0.1) is 0 Å². The largest absolute Gasteiger partial charge is 0.360 e. The number of carbonyl (C=O) groups is 1. The van der Waals surface area contributed by atoms with E-state index in [-0.39, 0.29) is 5.78 Å². The number of anilines is 1. The van der Waals surface area contributed by atoms with Gasteiger partial charge < -0.3 is 10.6 Å². The summed E-state index contributed by atoms with van der Waals surface area (Å²) in [5, 5.41) is 7.34. The highest BCUT2D eigenvalue weighted by Crippen LogP contribution is 2.40. The summed E-state index contributed by atoms with van der Waals surface area (Å²) in [6.07, 6.45) is 6.15. The number of benzene rings is 1. The van der Waals surface area contributed by atoms with Crippen LogP contribution in [-0.4, -0.2) is 16.9 Å². The Morgan fingerprint density at radius 1 is 1.17 bits per heavy atom. The smallest absolute Gasteiger partial charge is 0.170 e. The van der Waals surface area contributed by atoms with Gasteiger partial charge in [0.25, 0.3) is 0 Å². The third kappa shape index (κ3) is 5.04. The van der Waals surface area contributed by atoms with E-state index >= 15 is 0 Å². The lowest BCUT2D eigenvalue weighted by atomic mass is 9.69. The van der Waals surface area contributed by atoms with Crippen LogP contribution < -0.4 is 10.6 Å². The Labute approximate surface area is 151 Å². The van der Waals surface area contributed by atoms with Crippen LogP contribution in [0.15, 0.2) is 24.3 Å². The van der Waals surface area contributed by atoms with E-state index in [1.807, 2.05) is 24.3 Å². The minimum atomic E-state index is 0.0778. The first-order chi connectivity index (χ1) is 11.3. The molecule has 0 atom stereocenters. The first-order valence-electron chi connectivity index (χ1n) is 9.00. The molecule has 0 amide bonds. The molecule has 4 heteroatoms. The number of thiocarbonyl (C=S) groups is 1. The van der Waals surface area contributed by atoms with E-state index < -0.39 is 0 Å². The summed E-state index contributed by atoms with van der Waals surface area (Å²) in [5.41, 5.74) is 2.08. The van der Waals surface area contributed by atoms with E-state index in [2.05, 4.69) is 31.4 Å². The lowest BCUT2D eigenvalue weighted by molar-refractivity contribution is 0.101. The Hall–Kier alpha value is -1.42. The van der Waals surface area contributed by atoms with E-state index in [0.29, 0.717) is 16.6 Å². The van der Waals surface area contributed by atoms with Gasteiger partial charge in [-0.05, 0) is 80.4 Å². The molecule has 1 aromatic rings. The second kappa shape index (κ2) is 8.11. The SMILES string of the molecule is CCC(C)(C)C1CCC(NC(=S)Nc2ccc(C(C)=O)cc2)CC1. The van der Waals surface area contributed by atoms with E-state index in [0.717, 1.165) is 17.2 Å². The topological polar surface area (TPSA) is 41.1 Å². The maximum absolute atomic E-state index is 11.3. The van der Waals surface area contributed by atoms with Gasteiger partial charge in [0.1, 0.15) is 0 Å². The van der Waals surface area contributed by atoms with Crippen LogP contribution >= 0.6 is 12.2 Å². The summed E-state index contributed by atoms with van der Waals surface area (Å²) in [4.78, 5) is 11.3. The van der Waals surface area contributed by atoms with E-state index in [4.69, 9.17) is 12.2 Å². The molecule has 0 aromatic heterocycles. The number of hydrogen-bond acceptors (Lipinski definition) is 2. The van der Waals surface area contributed by atoms with Crippen molar-refractivity contribution in [3.05, 3.63) is 29.8 Å². The number of hydrogen-bond donors (Lipinski definition) is 2. The number of Topliss-reactive ketones (excluding diaryl/α,β-unsaturated/α-hetero) is 1. The van der Waals surface area contributed by atoms with Crippen molar-refractivity contribution in [2.45, 2.75) is 65.8 Å². The van der Waals surface area contributed by atoms with Crippen molar-refractivity contribution in [3.63, 3.8) is 0 Å². The molecule has 0 spiro atoms. The third-order valence-electron chi connectivity index (χ3n) is 5.63. The molecule has 0 unspecified atom stereocenters. The third-order valence-corrected chi connectivity index (χ3v) is 5.85. The first-order valence-corrected chi connectivity index (χ1v) is 9.41. The molecule has 2 N–H and O–H groups in total. The molecule has 132 valence electrons. The quantitative estimate of drug-likeness (QED) is 0.570. The van der Waals surface area contributed by atoms with Crippen molar-refractivity contribution in [1.82, 2.24) is 5.32 Å². The first kappa shape index (κ1) is 18.9. The summed E-state index contributed by atoms with van der Waals surface area (Å²) in [6, 6.07) is 7.90. The molecular formula is C20H30N2OS. The predicted molar refractivity (Wildman–Crippen MR) is 106 cm³/mol. The Bertz CT molecular complexity index is 572. The number of nitrogens with one attached hydrogen (secondary N) is 2. The van der Waals surface area contributed by atoms with Crippen molar-refractivity contribution in [1.29, 1.82) is 0 Å². The molecule has 0 bridgehead atoms. The van der Waals surface area contributed by atoms with Gasteiger partial charge in [0.05, 0.1) is 0 Å². The fourth-order valence-electron chi connectivity index (χ4n) is 3.45. The lowest BCUT2D eigenvalue weighted by Crippen LogP contribution is -2.41. The highest BCUT2D eigenvalue weighted by Gasteiger charge is 2.31. The molecule has 0 saturated heterocycles. The molecule has 1 fully saturated rings. The van der Waals surface area contributed by atoms with Crippen LogP contribution in [0.3, 0.4) is 0 Å². The van der Waals surface area contributed by atoms with Crippen LogP contribution in [0, 0.1) is 11.3 Å². The molecule has 0 radical (unpaired) electrons. The second-order valence-electron chi connectivity index (χ2n) is 7.62. The van der Waals surface area contributed by atoms with Crippen molar-refractivity contribution < 1.29 is 4.79 Å². The van der Waals surface area contributed by atoms with Gasteiger partial charge in [-0.25, -0.2) is 0 Å². The minimum Gasteiger partial charge on any atom is -0.360 e. The summed E-state index contributed by atoms with van der Waals surface area (Å²) >= 11 is 5.44. The van der Waals surface area contributed by atoms with Crippen molar-refractivity contribution in [3.8, 4) is 0 Å². The maximum Gasteiger partial charge on any atom is 0.170 e. The fourth-order valence-corrected chi connectivity index (χ4v) is 3.73. The van der Waals surface area contributed by atoms with Crippen LogP contribution in [0.25, 0.3) is 0 Å². The molecule has 1 saturated carbocycles. The van der Waals surface area contributed by atoms with Gasteiger partial charge >= 0.3 is 0 Å². The number of rotatable bonds is 5. The number of ketones is 1. The van der Waals surface area contributed by atoms with Gasteiger partial charge in [0, 0.05) is 17.3 Å². The Balaban J connectivity index is 1.80. The van der Waals surface area contributed by atoms with Crippen LogP contribution in [0.1, 0.15) is 70.2 Å². The summed E-state index contributed by atoms with van der Waals surface area (Å²) in [6.45, 7) is 8.65. The standard InChI is InChI=1S/C20H30N2OS/c1-5-20(3,4)16-8-12-18(13-9-16)22-19(24)21-17-10-6-15(7-11-17)14(2)23/h6-7,10-11,16,18H,5,8-9,12-13H2,1-4H3,(H2,21,22,24). The average molecular weight is 347 g/mol. The maximum atomic E-state index is 11.3. The van der Waals surface area contributed by atoms with Crippen LogP contribution in [0.5, 0.6) is 0 Å². The predicted octanol–water partition coefficient (Wildman–Crippen LogP) is 5.17. The van der Waals surface area contributed by atoms with Crippen molar-refractivity contribution in [2.75, 3.05) is 5.32 Å². The molecule has 0 aliphatic heterocycles.